The molecule has 5 rings (SSSR count). The summed E-state index contributed by atoms with van der Waals surface area (Å²) >= 11 is 0. The first-order valence-corrected chi connectivity index (χ1v) is 23.9. The molecule has 6 bridgehead atoms. The summed E-state index contributed by atoms with van der Waals surface area (Å²) in [7, 11) is 3.27. The summed E-state index contributed by atoms with van der Waals surface area (Å²) in [6, 6.07) is 7.78. The predicted octanol–water partition coefficient (Wildman–Crippen LogP) is 4.13. The molecule has 0 amide bonds. The maximum absolute atomic E-state index is 9.85. The number of aliphatic carboxylic acids is 2. The number of carboxylic acids is 2. The molecule has 3 aromatic rings. The number of carbonyl (C=O) groups is 2. The summed E-state index contributed by atoms with van der Waals surface area (Å²) in [5.74, 6) is -1.25. The van der Waals surface area contributed by atoms with Gasteiger partial charge in [-0.3, -0.25) is 9.97 Å². The molecule has 2 aromatic heterocycles. The van der Waals surface area contributed by atoms with Crippen LogP contribution >= 0.6 is 0 Å². The zero-order valence-electron chi connectivity index (χ0n) is 42.9. The van der Waals surface area contributed by atoms with Gasteiger partial charge in [0.1, 0.15) is 13.2 Å². The minimum absolute atomic E-state index is 0. The van der Waals surface area contributed by atoms with Crippen LogP contribution < -0.4 is 24.7 Å². The van der Waals surface area contributed by atoms with Gasteiger partial charge in [-0.1, -0.05) is 37.1 Å². The largest absolute Gasteiger partial charge is 0.657 e. The Morgan fingerprint density at radius 1 is 0.556 bits per heavy atom. The van der Waals surface area contributed by atoms with Gasteiger partial charge in [0.2, 0.25) is 0 Å². The molecule has 0 fully saturated rings. The van der Waals surface area contributed by atoms with Gasteiger partial charge in [-0.2, -0.15) is 0 Å². The van der Waals surface area contributed by atoms with Crippen molar-refractivity contribution in [3.63, 3.8) is 0 Å². The van der Waals surface area contributed by atoms with Crippen molar-refractivity contribution < 1.29 is 67.9 Å². The van der Waals surface area contributed by atoms with Gasteiger partial charge in [0.15, 0.2) is 11.5 Å². The molecular formula is C52H72LrN5O14-3. The van der Waals surface area contributed by atoms with Crippen molar-refractivity contribution in [2.24, 2.45) is 0 Å². The first-order valence-electron chi connectivity index (χ1n) is 23.9. The van der Waals surface area contributed by atoms with Crippen molar-refractivity contribution in [1.82, 2.24) is 24.9 Å². The number of aliphatic hydroxyl groups excluding tert-OH is 2. The molecule has 2 aliphatic heterocycles. The number of nitrogens with zero attached hydrogens (tertiary/aromatic N) is 5. The summed E-state index contributed by atoms with van der Waals surface area (Å²) in [5.41, 5.74) is 12.2. The molecule has 2 N–H and O–H groups in total. The monoisotopic (exact) mass is 1250 g/mol. The van der Waals surface area contributed by atoms with Crippen LogP contribution in [0.25, 0.3) is 44.4 Å². The molecule has 72 heavy (non-hydrogen) atoms. The number of fused-ring (bicyclic) bond motifs is 7. The summed E-state index contributed by atoms with van der Waals surface area (Å²) in [6.07, 6.45) is 7.61. The van der Waals surface area contributed by atoms with Crippen molar-refractivity contribution in [3.8, 4) is 11.5 Å². The molecule has 0 unspecified atom stereocenters. The van der Waals surface area contributed by atoms with Crippen LogP contribution in [-0.4, -0.2) is 149 Å². The number of aliphatic hydroxyl groups is 2. The van der Waals surface area contributed by atoms with Crippen LogP contribution in [0.3, 0.4) is 0 Å². The second-order valence-corrected chi connectivity index (χ2v) is 15.9. The topological polar surface area (TPSA) is 260 Å². The Hall–Kier alpha value is -6.64. The SMILES string of the molecule is CC(=O)[O-].CC(=O)[O-].CCc1c(CC)c2cc3nc(cnc4cc(OCCOCCOCCOC)c(OCCOCCOCCOC)cc4ncc4nc(cc1[n-]2)C(CCCO)=C4C)C(C)=C3CCCO.[Lr]. The zero-order valence-corrected chi connectivity index (χ0v) is 45.0. The molecule has 0 atom stereocenters. The number of hydrogen-bond acceptors (Lipinski definition) is 18. The Bertz CT molecular complexity index is 2240. The summed E-state index contributed by atoms with van der Waals surface area (Å²) in [6.45, 7) is 15.4. The van der Waals surface area contributed by atoms with Gasteiger partial charge in [-0.15, -0.1) is 11.0 Å². The van der Waals surface area contributed by atoms with E-state index in [1.807, 2.05) is 26.0 Å². The van der Waals surface area contributed by atoms with Crippen LogP contribution in [0, 0.1) is 0 Å². The first kappa shape index (κ1) is 61.5. The van der Waals surface area contributed by atoms with Gasteiger partial charge in [0, 0.05) is 51.5 Å². The van der Waals surface area contributed by atoms with Crippen LogP contribution in [0.15, 0.2) is 36.7 Å². The average Bonchev–Trinajstić information content (AvgIpc) is 3.94. The Balaban J connectivity index is 0.00000183. The third-order valence-electron chi connectivity index (χ3n) is 10.7. The number of methoxy groups -OCH3 is 2. The van der Waals surface area contributed by atoms with E-state index in [-0.39, 0.29) is 26.4 Å². The van der Waals surface area contributed by atoms with E-state index in [1.165, 1.54) is 11.1 Å². The van der Waals surface area contributed by atoms with Gasteiger partial charge in [0.25, 0.3) is 0 Å². The van der Waals surface area contributed by atoms with Crippen molar-refractivity contribution in [2.45, 2.75) is 80.1 Å². The van der Waals surface area contributed by atoms with E-state index in [4.69, 9.17) is 82.6 Å². The van der Waals surface area contributed by atoms with E-state index in [2.05, 4.69) is 26.0 Å². The number of aromatic nitrogens is 5. The summed E-state index contributed by atoms with van der Waals surface area (Å²) in [4.78, 5) is 43.2. The third-order valence-corrected chi connectivity index (χ3v) is 10.7. The number of aryl methyl sites for hydroxylation is 2. The van der Waals surface area contributed by atoms with Crippen LogP contribution in [0.4, 0.5) is 0 Å². The zero-order chi connectivity index (χ0) is 52.0. The minimum atomic E-state index is -1.08. The third kappa shape index (κ3) is 20.6. The van der Waals surface area contributed by atoms with Crippen molar-refractivity contribution in [3.05, 3.63) is 70.6 Å². The number of rotatable bonds is 28. The second-order valence-electron chi connectivity index (χ2n) is 15.9. The van der Waals surface area contributed by atoms with E-state index in [1.54, 1.807) is 26.6 Å². The fourth-order valence-corrected chi connectivity index (χ4v) is 7.33. The van der Waals surface area contributed by atoms with Crippen molar-refractivity contribution in [2.75, 3.05) is 107 Å². The van der Waals surface area contributed by atoms with Crippen LogP contribution in [0.1, 0.15) is 101 Å². The maximum atomic E-state index is 9.85. The first-order chi connectivity index (χ1) is 34.3. The molecule has 2 aliphatic rings. The molecule has 20 heteroatoms. The fraction of sp³-hybridized carbons (Fsp3) is 0.538. The smallest absolute Gasteiger partial charge is 0.163 e. The van der Waals surface area contributed by atoms with Gasteiger partial charge >= 0.3 is 0 Å². The Kier molecular flexibility index (Phi) is 29.6. The van der Waals surface area contributed by atoms with E-state index < -0.39 is 11.9 Å². The van der Waals surface area contributed by atoms with Crippen LogP contribution in [0.2, 0.25) is 0 Å². The molecule has 0 aliphatic carbocycles. The van der Waals surface area contributed by atoms with Crippen LogP contribution in [0.5, 0.6) is 11.5 Å². The molecule has 0 saturated heterocycles. The number of allylic oxidation sites excluding steroid dienone is 4. The second kappa shape index (κ2) is 34.6. The normalized spacial score (nSPS) is 11.8. The van der Waals surface area contributed by atoms with E-state index in [0.29, 0.717) is 126 Å². The van der Waals surface area contributed by atoms with Crippen LogP contribution in [-0.2, 0) is 50.9 Å². The van der Waals surface area contributed by atoms with Crippen molar-refractivity contribution in [1.29, 1.82) is 0 Å². The molecule has 407 valence electrons. The standard InChI is InChI=1S/C48H66N5O10.2C2H4O2.Lr/c1-7-35-36(8-2)40-28-42-38(12-10-14-55)34(4)46(53-42)32-50-44-30-48(63-26-24-61-22-20-59-18-16-57-6)47(62-25-23-60-21-19-58-17-15-56-5)29-43(44)49-31-45-33(3)37(11-9-13-54)41(52-45)27-39(35)51-40;2*1-2(3)4;/h27-32,54-55H,7-26H2,1-6H3;2*1H3,(H,3,4);/q-1;;;/p-2. The van der Waals surface area contributed by atoms with E-state index >= 15 is 0 Å². The Morgan fingerprint density at radius 3 is 1.21 bits per heavy atom. The van der Waals surface area contributed by atoms with Gasteiger partial charge in [0.05, 0.1) is 112 Å². The fourth-order valence-electron chi connectivity index (χ4n) is 7.33. The van der Waals surface area contributed by atoms with Gasteiger partial charge in [-0.05, 0) is 88.5 Å². The van der Waals surface area contributed by atoms with E-state index in [0.717, 1.165) is 71.4 Å². The number of carbonyl (C=O) groups excluding carboxylic acids is 2. The molecular weight excluding hydrogens is 1180 g/mol. The van der Waals surface area contributed by atoms with Gasteiger partial charge in [-0.25, -0.2) is 9.97 Å². The molecule has 0 spiro atoms. The number of benzene rings is 1. The number of carboxylic acid groups (broad SMARTS) is 2. The van der Waals surface area contributed by atoms with Gasteiger partial charge < -0.3 is 72.9 Å². The molecule has 0 saturated carbocycles. The maximum Gasteiger partial charge on any atom is 0.163 e. The molecule has 4 heterocycles. The minimum Gasteiger partial charge on any atom is -0.657 e. The molecule has 19 nitrogen and oxygen atoms in total. The van der Waals surface area contributed by atoms with E-state index in [9.17, 15) is 10.2 Å². The number of hydrogen-bond donors (Lipinski definition) is 2. The predicted molar refractivity (Wildman–Crippen MR) is 266 cm³/mol. The summed E-state index contributed by atoms with van der Waals surface area (Å²) in [5, 5.41) is 37.5. The molecule has 1 aromatic carbocycles. The molecule has 1 radical (unpaired) electrons. The number of ether oxygens (including phenoxy) is 8. The Labute approximate surface area is 416 Å². The quantitative estimate of drug-likeness (QED) is 0.0969. The van der Waals surface area contributed by atoms with Crippen molar-refractivity contribution >= 4 is 56.3 Å². The average molecular weight is 1250 g/mol. The Morgan fingerprint density at radius 2 is 0.889 bits per heavy atom. The summed E-state index contributed by atoms with van der Waals surface area (Å²) < 4.78 is 45.3.